The number of allylic oxidation sites excluding steroid dienone is 2. The van der Waals surface area contributed by atoms with Crippen LogP contribution < -0.4 is 0 Å². The molecule has 11 heteroatoms. The molecule has 0 radical (unpaired) electrons. The normalized spacial score (nSPS) is 13.6. The molecule has 0 aromatic heterocycles. The fraction of sp³-hybridized carbons (Fsp3) is 0.925. The number of unbranched alkanes of at least 4 members (excludes halogenated alkanes) is 36. The highest BCUT2D eigenvalue weighted by atomic mass is 31.2. The third-order valence-corrected chi connectivity index (χ3v) is 13.2. The Morgan fingerprint density at radius 2 is 0.641 bits per heavy atom. The molecular formula is C53H103O10P. The van der Waals surface area contributed by atoms with Crippen molar-refractivity contribution in [1.82, 2.24) is 0 Å². The summed E-state index contributed by atoms with van der Waals surface area (Å²) in [7, 11) is -4.64. The van der Waals surface area contributed by atoms with Crippen molar-refractivity contribution in [3.05, 3.63) is 12.2 Å². The van der Waals surface area contributed by atoms with Gasteiger partial charge in [0.25, 0.3) is 0 Å². The lowest BCUT2D eigenvalue weighted by Crippen LogP contribution is -2.28. The van der Waals surface area contributed by atoms with Gasteiger partial charge in [0, 0.05) is 12.8 Å². The Morgan fingerprint density at radius 1 is 0.406 bits per heavy atom. The largest absolute Gasteiger partial charge is 0.472 e. The van der Waals surface area contributed by atoms with E-state index in [1.807, 2.05) is 0 Å². The highest BCUT2D eigenvalue weighted by Crippen LogP contribution is 2.43. The summed E-state index contributed by atoms with van der Waals surface area (Å²) in [6.07, 6.45) is 51.9. The van der Waals surface area contributed by atoms with Crippen LogP contribution in [-0.2, 0) is 32.7 Å². The smallest absolute Gasteiger partial charge is 0.457 e. The van der Waals surface area contributed by atoms with E-state index < -0.39 is 58.4 Å². The molecule has 0 bridgehead atoms. The van der Waals surface area contributed by atoms with Crippen LogP contribution in [-0.4, -0.2) is 65.7 Å². The summed E-state index contributed by atoms with van der Waals surface area (Å²) in [5, 5.41) is 19.3. The molecule has 380 valence electrons. The number of hydrogen-bond acceptors (Lipinski definition) is 9. The van der Waals surface area contributed by atoms with Crippen LogP contribution in [0.1, 0.15) is 277 Å². The highest BCUT2D eigenvalue weighted by Gasteiger charge is 2.27. The maximum absolute atomic E-state index is 12.4. The first-order valence-corrected chi connectivity index (χ1v) is 28.6. The molecule has 0 aliphatic rings. The van der Waals surface area contributed by atoms with Crippen LogP contribution in [0.2, 0.25) is 0 Å². The van der Waals surface area contributed by atoms with Crippen LogP contribution in [0.5, 0.6) is 0 Å². The molecule has 0 saturated heterocycles. The topological polar surface area (TPSA) is 149 Å². The Balaban J connectivity index is 3.76. The van der Waals surface area contributed by atoms with Gasteiger partial charge in [0.1, 0.15) is 12.2 Å². The van der Waals surface area contributed by atoms with Crippen molar-refractivity contribution in [1.29, 1.82) is 0 Å². The van der Waals surface area contributed by atoms with Crippen molar-refractivity contribution in [3.8, 4) is 0 Å². The van der Waals surface area contributed by atoms with Gasteiger partial charge in [-0.1, -0.05) is 238 Å². The molecule has 0 aliphatic carbocycles. The van der Waals surface area contributed by atoms with Crippen molar-refractivity contribution in [3.63, 3.8) is 0 Å². The zero-order chi connectivity index (χ0) is 46.9. The molecule has 0 aromatic carbocycles. The fourth-order valence-electron chi connectivity index (χ4n) is 8.05. The number of ether oxygens (including phenoxy) is 2. The number of aliphatic hydroxyl groups excluding tert-OH is 2. The van der Waals surface area contributed by atoms with Gasteiger partial charge in [-0.3, -0.25) is 18.6 Å². The van der Waals surface area contributed by atoms with Crippen molar-refractivity contribution in [2.24, 2.45) is 0 Å². The molecule has 0 heterocycles. The second kappa shape index (κ2) is 49.6. The fourth-order valence-corrected chi connectivity index (χ4v) is 8.84. The Hall–Kier alpha value is -1.29. The summed E-state index contributed by atoms with van der Waals surface area (Å²) >= 11 is 0. The van der Waals surface area contributed by atoms with E-state index in [1.54, 1.807) is 0 Å². The van der Waals surface area contributed by atoms with Crippen LogP contribution in [0.15, 0.2) is 12.2 Å². The summed E-state index contributed by atoms with van der Waals surface area (Å²) in [5.74, 6) is -1.01. The van der Waals surface area contributed by atoms with E-state index in [0.29, 0.717) is 12.8 Å². The molecule has 0 spiro atoms. The summed E-state index contributed by atoms with van der Waals surface area (Å²) < 4.78 is 32.8. The van der Waals surface area contributed by atoms with Crippen LogP contribution in [0, 0.1) is 0 Å². The SMILES string of the molecule is CCCCCCCC/C=C\CCCCCCCCCC(=O)OC(CO)COP(=O)(O)OCC(CO)OC(=O)CCCCCCCCCCCCCCCCCCCCCCCCCC. The lowest BCUT2D eigenvalue weighted by molar-refractivity contribution is -0.153. The van der Waals surface area contributed by atoms with Gasteiger partial charge in [0.15, 0.2) is 0 Å². The number of hydrogen-bond donors (Lipinski definition) is 3. The van der Waals surface area contributed by atoms with E-state index in [9.17, 15) is 29.3 Å². The maximum atomic E-state index is 12.4. The van der Waals surface area contributed by atoms with Gasteiger partial charge in [-0.2, -0.15) is 0 Å². The van der Waals surface area contributed by atoms with Crippen LogP contribution in [0.3, 0.4) is 0 Å². The van der Waals surface area contributed by atoms with Gasteiger partial charge >= 0.3 is 19.8 Å². The van der Waals surface area contributed by atoms with Gasteiger partial charge in [0.05, 0.1) is 26.4 Å². The monoisotopic (exact) mass is 931 g/mol. The third kappa shape index (κ3) is 47.2. The number of carbonyl (C=O) groups is 2. The first-order valence-electron chi connectivity index (χ1n) is 27.1. The second-order valence-electron chi connectivity index (χ2n) is 18.6. The number of esters is 2. The zero-order valence-corrected chi connectivity index (χ0v) is 42.7. The Morgan fingerprint density at radius 3 is 0.891 bits per heavy atom. The second-order valence-corrected chi connectivity index (χ2v) is 20.0. The van der Waals surface area contributed by atoms with Gasteiger partial charge in [-0.25, -0.2) is 4.57 Å². The van der Waals surface area contributed by atoms with E-state index in [-0.39, 0.29) is 12.8 Å². The molecule has 64 heavy (non-hydrogen) atoms. The van der Waals surface area contributed by atoms with E-state index >= 15 is 0 Å². The first-order chi connectivity index (χ1) is 31.3. The van der Waals surface area contributed by atoms with E-state index in [2.05, 4.69) is 26.0 Å². The van der Waals surface area contributed by atoms with Gasteiger partial charge in [-0.05, 0) is 38.5 Å². The van der Waals surface area contributed by atoms with Crippen LogP contribution >= 0.6 is 7.82 Å². The van der Waals surface area contributed by atoms with E-state index in [0.717, 1.165) is 44.9 Å². The van der Waals surface area contributed by atoms with Crippen LogP contribution in [0.25, 0.3) is 0 Å². The molecule has 0 aliphatic heterocycles. The number of carbonyl (C=O) groups excluding carboxylic acids is 2. The average molecular weight is 931 g/mol. The molecule has 10 nitrogen and oxygen atoms in total. The number of phosphoric ester groups is 1. The molecule has 0 saturated carbocycles. The molecule has 0 fully saturated rings. The van der Waals surface area contributed by atoms with Gasteiger partial charge < -0.3 is 24.6 Å². The standard InChI is InChI=1S/C53H103O10P/c1-3-5-7-9-11-13-15-17-19-21-22-23-24-25-26-27-29-31-33-35-37-39-41-43-45-53(57)63-51(47-55)49-61-64(58,59)60-48-50(46-54)62-52(56)44-42-40-38-36-34-32-30-28-20-18-16-14-12-10-8-6-4-2/h18,20,50-51,54-55H,3-17,19,21-49H2,1-2H3,(H,58,59)/b20-18-. The van der Waals surface area contributed by atoms with E-state index in [1.165, 1.54) is 193 Å². The van der Waals surface area contributed by atoms with Gasteiger partial charge in [-0.15, -0.1) is 0 Å². The quantitative estimate of drug-likeness (QED) is 0.0233. The minimum Gasteiger partial charge on any atom is -0.457 e. The Bertz CT molecular complexity index is 1070. The minimum absolute atomic E-state index is 0.191. The molecular weight excluding hydrogens is 828 g/mol. The predicted octanol–water partition coefficient (Wildman–Crippen LogP) is 15.5. The lowest BCUT2D eigenvalue weighted by atomic mass is 10.0. The summed E-state index contributed by atoms with van der Waals surface area (Å²) in [6.45, 7) is 2.27. The van der Waals surface area contributed by atoms with Crippen molar-refractivity contribution < 1.29 is 47.8 Å². The molecule has 3 N–H and O–H groups in total. The van der Waals surface area contributed by atoms with E-state index in [4.69, 9.17) is 18.5 Å². The average Bonchev–Trinajstić information content (AvgIpc) is 3.29. The summed E-state index contributed by atoms with van der Waals surface area (Å²) in [5.41, 5.74) is 0. The highest BCUT2D eigenvalue weighted by molar-refractivity contribution is 7.47. The number of aliphatic hydroxyl groups is 2. The van der Waals surface area contributed by atoms with Crippen molar-refractivity contribution in [2.45, 2.75) is 289 Å². The minimum atomic E-state index is -4.64. The summed E-state index contributed by atoms with van der Waals surface area (Å²) in [4.78, 5) is 34.7. The first kappa shape index (κ1) is 62.7. The molecule has 3 atom stereocenters. The lowest BCUT2D eigenvalue weighted by Gasteiger charge is -2.20. The van der Waals surface area contributed by atoms with Gasteiger partial charge in [0.2, 0.25) is 0 Å². The molecule has 0 rings (SSSR count). The third-order valence-electron chi connectivity index (χ3n) is 12.2. The number of rotatable bonds is 52. The molecule has 0 aromatic rings. The summed E-state index contributed by atoms with van der Waals surface area (Å²) in [6, 6.07) is 0. The predicted molar refractivity (Wildman–Crippen MR) is 265 cm³/mol. The van der Waals surface area contributed by atoms with Crippen LogP contribution in [0.4, 0.5) is 0 Å². The molecule has 3 unspecified atom stereocenters. The number of phosphoric acid groups is 1. The zero-order valence-electron chi connectivity index (χ0n) is 41.8. The Labute approximate surface area is 394 Å². The Kier molecular flexibility index (Phi) is 48.6. The van der Waals surface area contributed by atoms with Crippen molar-refractivity contribution >= 4 is 19.8 Å². The maximum Gasteiger partial charge on any atom is 0.472 e. The van der Waals surface area contributed by atoms with Crippen molar-refractivity contribution in [2.75, 3.05) is 26.4 Å². The molecule has 0 amide bonds.